The van der Waals surface area contributed by atoms with E-state index in [9.17, 15) is 18.0 Å². The van der Waals surface area contributed by atoms with E-state index < -0.39 is 23.0 Å². The Hall–Kier alpha value is -3.49. The molecule has 1 spiro atoms. The molecule has 11 heteroatoms. The van der Waals surface area contributed by atoms with E-state index in [1.165, 1.54) is 6.07 Å². The number of rotatable bonds is 11. The summed E-state index contributed by atoms with van der Waals surface area (Å²) in [6.07, 6.45) is 2.98. The number of allylic oxidation sites excluding steroid dienone is 1. The van der Waals surface area contributed by atoms with Gasteiger partial charge in [0.25, 0.3) is 5.91 Å². The molecule has 1 aromatic carbocycles. The Bertz CT molecular complexity index is 1400. The fourth-order valence-corrected chi connectivity index (χ4v) is 5.99. The van der Waals surface area contributed by atoms with E-state index in [2.05, 4.69) is 29.8 Å². The molecule has 224 valence electrons. The number of hydrogen-bond donors (Lipinski definition) is 0. The molecule has 7 nitrogen and oxygen atoms in total. The molecule has 1 saturated heterocycles. The number of carbonyl (C=O) groups is 1. The molecule has 42 heavy (non-hydrogen) atoms. The molecular weight excluding hydrogens is 563 g/mol. The van der Waals surface area contributed by atoms with Crippen LogP contribution >= 0.6 is 12.2 Å². The lowest BCUT2D eigenvalue weighted by Gasteiger charge is -2.43. The van der Waals surface area contributed by atoms with Gasteiger partial charge in [0.1, 0.15) is 24.0 Å². The average molecular weight is 600 g/mol. The number of ether oxygens (including phenoxy) is 1. The molecule has 0 atom stereocenters. The number of pyridine rings is 1. The van der Waals surface area contributed by atoms with E-state index in [0.717, 1.165) is 54.5 Å². The molecule has 0 radical (unpaired) electrons. The first-order chi connectivity index (χ1) is 20.0. The minimum Gasteiger partial charge on any atom is -0.492 e. The number of aryl methyl sites for hydroxylation is 1. The molecular formula is C31H36F3N5O2S. The lowest BCUT2D eigenvalue weighted by molar-refractivity contribution is -0.138. The van der Waals surface area contributed by atoms with Gasteiger partial charge in [0.15, 0.2) is 10.8 Å². The number of hydrogen-bond acceptors (Lipinski definition) is 6. The Morgan fingerprint density at radius 2 is 2.00 bits per heavy atom. The number of amides is 1. The summed E-state index contributed by atoms with van der Waals surface area (Å²) in [7, 11) is 0. The highest BCUT2D eigenvalue weighted by molar-refractivity contribution is 7.81. The van der Waals surface area contributed by atoms with Crippen molar-refractivity contribution in [3.05, 3.63) is 59.4 Å². The van der Waals surface area contributed by atoms with Crippen LogP contribution in [0.1, 0.15) is 63.8 Å². The van der Waals surface area contributed by atoms with Gasteiger partial charge in [-0.15, -0.1) is 0 Å². The Labute approximate surface area is 250 Å². The number of carbonyl (C=O) groups excluding carboxylic acids is 1. The fraction of sp³-hybridized carbons (Fsp3) is 0.484. The van der Waals surface area contributed by atoms with Crippen LogP contribution in [0.15, 0.2) is 42.6 Å². The van der Waals surface area contributed by atoms with Crippen molar-refractivity contribution >= 4 is 34.6 Å². The maximum absolute atomic E-state index is 13.8. The summed E-state index contributed by atoms with van der Waals surface area (Å²) in [5.41, 5.74) is -1.40. The van der Waals surface area contributed by atoms with Crippen LogP contribution in [0.25, 0.3) is 0 Å². The number of alkyl halides is 3. The first-order valence-corrected chi connectivity index (χ1v) is 14.6. The highest BCUT2D eigenvalue weighted by atomic mass is 32.1. The van der Waals surface area contributed by atoms with Crippen LogP contribution in [0.2, 0.25) is 0 Å². The third-order valence-corrected chi connectivity index (χ3v) is 8.07. The summed E-state index contributed by atoms with van der Waals surface area (Å²) in [6.45, 7) is 11.5. The van der Waals surface area contributed by atoms with Crippen LogP contribution in [-0.2, 0) is 17.4 Å². The lowest BCUT2D eigenvalue weighted by Crippen LogP contribution is -2.55. The standard InChI is InChI=1S/C31H36F3N5O2S/c1-5-7-13-37(20-21(3)4)14-15-41-27-10-9-23(16-22(27)6-2)39-29(42)38(28(40)30(39)11-8-12-30)24-17-25(31(32,33)34)26(18-35)36-19-24/h5,7,9-10,16-17,19,21H,6,8,11-15,20H2,1-4H3/b7-5-. The van der Waals surface area contributed by atoms with Crippen molar-refractivity contribution in [2.75, 3.05) is 36.0 Å². The van der Waals surface area contributed by atoms with Gasteiger partial charge in [-0.1, -0.05) is 32.9 Å². The minimum atomic E-state index is -4.81. The summed E-state index contributed by atoms with van der Waals surface area (Å²) in [5.74, 6) is 0.897. The Morgan fingerprint density at radius 1 is 1.26 bits per heavy atom. The van der Waals surface area contributed by atoms with Crippen LogP contribution in [0.5, 0.6) is 5.75 Å². The first-order valence-electron chi connectivity index (χ1n) is 14.2. The second-order valence-electron chi connectivity index (χ2n) is 11.1. The third-order valence-electron chi connectivity index (χ3n) is 7.71. The van der Waals surface area contributed by atoms with Crippen molar-refractivity contribution in [1.29, 1.82) is 5.26 Å². The fourth-order valence-electron chi connectivity index (χ4n) is 5.52. The summed E-state index contributed by atoms with van der Waals surface area (Å²) < 4.78 is 47.2. The van der Waals surface area contributed by atoms with Crippen molar-refractivity contribution < 1.29 is 22.7 Å². The first kappa shape index (κ1) is 31.4. The molecule has 2 aromatic rings. The number of aromatic nitrogens is 1. The number of nitriles is 1. The Balaban J connectivity index is 1.60. The average Bonchev–Trinajstić information content (AvgIpc) is 3.17. The van der Waals surface area contributed by atoms with Crippen molar-refractivity contribution in [3.8, 4) is 11.8 Å². The number of anilines is 2. The van der Waals surface area contributed by atoms with Gasteiger partial charge in [-0.05, 0) is 80.6 Å². The van der Waals surface area contributed by atoms with Gasteiger partial charge in [0.05, 0.1) is 17.4 Å². The van der Waals surface area contributed by atoms with Gasteiger partial charge < -0.3 is 9.64 Å². The summed E-state index contributed by atoms with van der Waals surface area (Å²) in [4.78, 5) is 22.7. The van der Waals surface area contributed by atoms with Gasteiger partial charge in [0, 0.05) is 25.3 Å². The Kier molecular flexibility index (Phi) is 9.58. The molecule has 4 rings (SSSR count). The van der Waals surface area contributed by atoms with Crippen molar-refractivity contribution in [1.82, 2.24) is 9.88 Å². The van der Waals surface area contributed by atoms with Gasteiger partial charge in [-0.3, -0.25) is 14.6 Å². The normalized spacial score (nSPS) is 16.7. The van der Waals surface area contributed by atoms with Crippen LogP contribution in [-0.4, -0.2) is 52.7 Å². The maximum atomic E-state index is 13.8. The third kappa shape index (κ3) is 6.15. The Morgan fingerprint density at radius 3 is 2.57 bits per heavy atom. The molecule has 0 bridgehead atoms. The largest absolute Gasteiger partial charge is 0.492 e. The number of nitrogens with zero attached hydrogens (tertiary/aromatic N) is 5. The monoisotopic (exact) mass is 599 g/mol. The highest BCUT2D eigenvalue weighted by Crippen LogP contribution is 2.48. The lowest BCUT2D eigenvalue weighted by atomic mass is 9.75. The SMILES string of the molecule is C/C=C\CN(CCOc1ccc(N2C(=S)N(c3cnc(C#N)c(C(F)(F)F)c3)C(=O)C23CCC3)cc1CC)CC(C)C. The van der Waals surface area contributed by atoms with E-state index in [1.54, 1.807) is 4.90 Å². The van der Waals surface area contributed by atoms with Gasteiger partial charge >= 0.3 is 6.18 Å². The van der Waals surface area contributed by atoms with Gasteiger partial charge in [0.2, 0.25) is 0 Å². The van der Waals surface area contributed by atoms with E-state index in [1.807, 2.05) is 38.1 Å². The maximum Gasteiger partial charge on any atom is 0.419 e. The summed E-state index contributed by atoms with van der Waals surface area (Å²) in [6, 6.07) is 7.92. The van der Waals surface area contributed by atoms with Gasteiger partial charge in [-0.2, -0.15) is 18.4 Å². The second kappa shape index (κ2) is 12.8. The van der Waals surface area contributed by atoms with Crippen molar-refractivity contribution in [2.24, 2.45) is 5.92 Å². The predicted octanol–water partition coefficient (Wildman–Crippen LogP) is 6.51. The molecule has 0 unspecified atom stereocenters. The smallest absolute Gasteiger partial charge is 0.419 e. The molecule has 1 aromatic heterocycles. The second-order valence-corrected chi connectivity index (χ2v) is 11.4. The van der Waals surface area contributed by atoms with Crippen LogP contribution in [0, 0.1) is 17.2 Å². The zero-order chi connectivity index (χ0) is 30.7. The number of thiocarbonyl (C=S) groups is 1. The molecule has 1 aliphatic carbocycles. The van der Waals surface area contributed by atoms with Crippen LogP contribution in [0.4, 0.5) is 24.5 Å². The van der Waals surface area contributed by atoms with Crippen molar-refractivity contribution in [3.63, 3.8) is 0 Å². The minimum absolute atomic E-state index is 0.0864. The summed E-state index contributed by atoms with van der Waals surface area (Å²) >= 11 is 5.74. The number of benzene rings is 1. The molecule has 1 saturated carbocycles. The van der Waals surface area contributed by atoms with Crippen LogP contribution < -0.4 is 14.5 Å². The quantitative estimate of drug-likeness (QED) is 0.215. The zero-order valence-corrected chi connectivity index (χ0v) is 25.2. The summed E-state index contributed by atoms with van der Waals surface area (Å²) in [5, 5.41) is 9.23. The zero-order valence-electron chi connectivity index (χ0n) is 24.4. The van der Waals surface area contributed by atoms with E-state index in [0.29, 0.717) is 37.5 Å². The molecule has 2 fully saturated rings. The van der Waals surface area contributed by atoms with E-state index in [4.69, 9.17) is 22.2 Å². The van der Waals surface area contributed by atoms with Crippen LogP contribution in [0.3, 0.4) is 0 Å². The highest BCUT2D eigenvalue weighted by Gasteiger charge is 2.59. The molecule has 1 aliphatic heterocycles. The molecule has 0 N–H and O–H groups in total. The topological polar surface area (TPSA) is 72.7 Å². The van der Waals surface area contributed by atoms with E-state index in [-0.39, 0.29) is 16.7 Å². The molecule has 2 aliphatic rings. The van der Waals surface area contributed by atoms with Crippen molar-refractivity contribution in [2.45, 2.75) is 65.1 Å². The van der Waals surface area contributed by atoms with E-state index >= 15 is 0 Å². The molecule has 2 heterocycles. The predicted molar refractivity (Wildman–Crippen MR) is 161 cm³/mol. The molecule has 1 amide bonds. The number of halogens is 3. The van der Waals surface area contributed by atoms with Gasteiger partial charge in [-0.25, -0.2) is 4.98 Å².